The summed E-state index contributed by atoms with van der Waals surface area (Å²) in [6, 6.07) is 25.5. The summed E-state index contributed by atoms with van der Waals surface area (Å²) in [7, 11) is 0. The first-order valence-electron chi connectivity index (χ1n) is 11.2. The SMILES string of the molecule is Cc1ccc(-c2cnc3cc(-c4cccc(-c5ccc6c(c5)OCCO6)c4C)ccn23)cc1. The Morgan fingerprint density at radius 2 is 1.42 bits per heavy atom. The van der Waals surface area contributed by atoms with Gasteiger partial charge in [-0.25, -0.2) is 4.98 Å². The third kappa shape index (κ3) is 3.44. The lowest BCUT2D eigenvalue weighted by Crippen LogP contribution is -2.15. The summed E-state index contributed by atoms with van der Waals surface area (Å²) in [6.07, 6.45) is 4.06. The van der Waals surface area contributed by atoms with E-state index < -0.39 is 0 Å². The van der Waals surface area contributed by atoms with Crippen molar-refractivity contribution in [3.05, 3.63) is 96.3 Å². The minimum Gasteiger partial charge on any atom is -0.486 e. The van der Waals surface area contributed by atoms with Gasteiger partial charge in [-0.3, -0.25) is 4.40 Å². The van der Waals surface area contributed by atoms with Gasteiger partial charge in [0.05, 0.1) is 11.9 Å². The molecule has 0 radical (unpaired) electrons. The van der Waals surface area contributed by atoms with Crippen LogP contribution in [0, 0.1) is 13.8 Å². The van der Waals surface area contributed by atoms with Crippen molar-refractivity contribution in [2.75, 3.05) is 13.2 Å². The minimum atomic E-state index is 0.588. The predicted octanol–water partition coefficient (Wildman–Crippen LogP) is 6.72. The van der Waals surface area contributed by atoms with E-state index in [1.165, 1.54) is 22.3 Å². The fourth-order valence-electron chi connectivity index (χ4n) is 4.56. The molecule has 0 aliphatic carbocycles. The van der Waals surface area contributed by atoms with E-state index in [9.17, 15) is 0 Å². The highest BCUT2D eigenvalue weighted by atomic mass is 16.6. The summed E-state index contributed by atoms with van der Waals surface area (Å²) in [5.74, 6) is 1.62. The van der Waals surface area contributed by atoms with Crippen LogP contribution in [0.1, 0.15) is 11.1 Å². The van der Waals surface area contributed by atoms with E-state index in [2.05, 4.69) is 91.2 Å². The highest BCUT2D eigenvalue weighted by Gasteiger charge is 2.15. The molecular formula is C29H24N2O2. The van der Waals surface area contributed by atoms with Crippen LogP contribution in [0.4, 0.5) is 0 Å². The number of nitrogens with zero attached hydrogens (tertiary/aromatic N) is 2. The quantitative estimate of drug-likeness (QED) is 0.317. The Balaban J connectivity index is 1.40. The first-order valence-corrected chi connectivity index (χ1v) is 11.2. The molecule has 0 saturated heterocycles. The van der Waals surface area contributed by atoms with Crippen molar-refractivity contribution < 1.29 is 9.47 Å². The molecule has 1 aliphatic heterocycles. The minimum absolute atomic E-state index is 0.588. The van der Waals surface area contributed by atoms with E-state index in [4.69, 9.17) is 14.5 Å². The van der Waals surface area contributed by atoms with E-state index in [0.29, 0.717) is 13.2 Å². The van der Waals surface area contributed by atoms with Gasteiger partial charge in [0.15, 0.2) is 11.5 Å². The van der Waals surface area contributed by atoms with Gasteiger partial charge in [0, 0.05) is 11.8 Å². The third-order valence-electron chi connectivity index (χ3n) is 6.36. The van der Waals surface area contributed by atoms with Gasteiger partial charge in [-0.1, -0.05) is 54.1 Å². The maximum Gasteiger partial charge on any atom is 0.161 e. The second-order valence-corrected chi connectivity index (χ2v) is 8.49. The Kier molecular flexibility index (Phi) is 4.65. The van der Waals surface area contributed by atoms with Crippen LogP contribution in [0.15, 0.2) is 85.2 Å². The zero-order valence-electron chi connectivity index (χ0n) is 18.7. The lowest BCUT2D eigenvalue weighted by molar-refractivity contribution is 0.171. The summed E-state index contributed by atoms with van der Waals surface area (Å²) < 4.78 is 13.6. The van der Waals surface area contributed by atoms with Crippen LogP contribution in [0.25, 0.3) is 39.2 Å². The Morgan fingerprint density at radius 1 is 0.727 bits per heavy atom. The molecule has 0 unspecified atom stereocenters. The van der Waals surface area contributed by atoms with E-state index in [0.717, 1.165) is 39.5 Å². The maximum absolute atomic E-state index is 5.80. The monoisotopic (exact) mass is 432 g/mol. The summed E-state index contributed by atoms with van der Waals surface area (Å²) >= 11 is 0. The average molecular weight is 433 g/mol. The molecule has 3 heterocycles. The van der Waals surface area contributed by atoms with Gasteiger partial charge in [-0.05, 0) is 65.9 Å². The molecule has 2 aromatic heterocycles. The molecule has 0 spiro atoms. The Morgan fingerprint density at radius 3 is 2.21 bits per heavy atom. The first kappa shape index (κ1) is 19.6. The van der Waals surface area contributed by atoms with Gasteiger partial charge in [-0.15, -0.1) is 0 Å². The van der Waals surface area contributed by atoms with Crippen molar-refractivity contribution >= 4 is 5.65 Å². The summed E-state index contributed by atoms with van der Waals surface area (Å²) in [6.45, 7) is 5.47. The summed E-state index contributed by atoms with van der Waals surface area (Å²) in [4.78, 5) is 4.69. The molecule has 0 saturated carbocycles. The largest absolute Gasteiger partial charge is 0.486 e. The van der Waals surface area contributed by atoms with Gasteiger partial charge < -0.3 is 9.47 Å². The number of fused-ring (bicyclic) bond motifs is 2. The fraction of sp³-hybridized carbons (Fsp3) is 0.138. The molecule has 6 rings (SSSR count). The smallest absolute Gasteiger partial charge is 0.161 e. The van der Waals surface area contributed by atoms with Crippen LogP contribution in [0.3, 0.4) is 0 Å². The van der Waals surface area contributed by atoms with Crippen molar-refractivity contribution in [2.24, 2.45) is 0 Å². The molecule has 1 aliphatic rings. The molecule has 0 fully saturated rings. The standard InChI is InChI=1S/C29H24N2O2/c1-19-6-8-21(9-7-19)26-18-30-29-17-23(12-13-31(26)29)25-5-3-4-24(20(25)2)22-10-11-27-28(16-22)33-15-14-32-27/h3-13,16-18H,14-15H2,1-2H3. The van der Waals surface area contributed by atoms with Gasteiger partial charge in [0.1, 0.15) is 18.9 Å². The molecule has 3 aromatic carbocycles. The van der Waals surface area contributed by atoms with Crippen molar-refractivity contribution in [1.82, 2.24) is 9.38 Å². The van der Waals surface area contributed by atoms with Crippen LogP contribution >= 0.6 is 0 Å². The zero-order chi connectivity index (χ0) is 22.4. The predicted molar refractivity (Wildman–Crippen MR) is 132 cm³/mol. The van der Waals surface area contributed by atoms with Crippen molar-refractivity contribution in [2.45, 2.75) is 13.8 Å². The van der Waals surface area contributed by atoms with Gasteiger partial charge in [0.25, 0.3) is 0 Å². The van der Waals surface area contributed by atoms with Crippen LogP contribution in [-0.4, -0.2) is 22.6 Å². The van der Waals surface area contributed by atoms with E-state index in [-0.39, 0.29) is 0 Å². The molecule has 0 bridgehead atoms. The topological polar surface area (TPSA) is 35.8 Å². The number of imidazole rings is 1. The Labute approximate surface area is 193 Å². The third-order valence-corrected chi connectivity index (χ3v) is 6.36. The summed E-state index contributed by atoms with van der Waals surface area (Å²) in [5.41, 5.74) is 10.3. The van der Waals surface area contributed by atoms with Crippen LogP contribution in [0.2, 0.25) is 0 Å². The number of aromatic nitrogens is 2. The number of hydrogen-bond donors (Lipinski definition) is 0. The molecule has 0 amide bonds. The van der Waals surface area contributed by atoms with E-state index >= 15 is 0 Å². The first-order chi connectivity index (χ1) is 16.2. The Bertz CT molecular complexity index is 1480. The second-order valence-electron chi connectivity index (χ2n) is 8.49. The van der Waals surface area contributed by atoms with E-state index in [1.807, 2.05) is 12.3 Å². The zero-order valence-corrected chi connectivity index (χ0v) is 18.7. The van der Waals surface area contributed by atoms with Crippen molar-refractivity contribution in [1.29, 1.82) is 0 Å². The molecular weight excluding hydrogens is 408 g/mol. The molecule has 162 valence electrons. The van der Waals surface area contributed by atoms with Crippen LogP contribution < -0.4 is 9.47 Å². The highest BCUT2D eigenvalue weighted by molar-refractivity contribution is 5.80. The molecule has 5 aromatic rings. The fourth-order valence-corrected chi connectivity index (χ4v) is 4.56. The van der Waals surface area contributed by atoms with Gasteiger partial charge in [-0.2, -0.15) is 0 Å². The Hall–Kier alpha value is -4.05. The highest BCUT2D eigenvalue weighted by Crippen LogP contribution is 2.38. The normalized spacial score (nSPS) is 12.8. The number of ether oxygens (including phenoxy) is 2. The number of hydrogen-bond acceptors (Lipinski definition) is 3. The summed E-state index contributed by atoms with van der Waals surface area (Å²) in [5, 5.41) is 0. The number of pyridine rings is 1. The maximum atomic E-state index is 5.80. The molecule has 0 atom stereocenters. The average Bonchev–Trinajstić information content (AvgIpc) is 3.28. The molecule has 33 heavy (non-hydrogen) atoms. The van der Waals surface area contributed by atoms with Crippen molar-refractivity contribution in [3.63, 3.8) is 0 Å². The van der Waals surface area contributed by atoms with E-state index in [1.54, 1.807) is 0 Å². The second kappa shape index (κ2) is 7.82. The van der Waals surface area contributed by atoms with Crippen LogP contribution in [-0.2, 0) is 0 Å². The molecule has 4 heteroatoms. The lowest BCUT2D eigenvalue weighted by atomic mass is 9.93. The van der Waals surface area contributed by atoms with Gasteiger partial charge >= 0.3 is 0 Å². The lowest BCUT2D eigenvalue weighted by Gasteiger charge is -2.19. The molecule has 0 N–H and O–H groups in total. The number of aryl methyl sites for hydroxylation is 1. The number of rotatable bonds is 3. The van der Waals surface area contributed by atoms with Crippen molar-refractivity contribution in [3.8, 4) is 45.0 Å². The van der Waals surface area contributed by atoms with Gasteiger partial charge in [0.2, 0.25) is 0 Å². The van der Waals surface area contributed by atoms with Crippen LogP contribution in [0.5, 0.6) is 11.5 Å². The molecule has 4 nitrogen and oxygen atoms in total. The number of benzene rings is 3.